The number of carbonyl (C=O) groups is 1. The molecule has 28 heavy (non-hydrogen) atoms. The van der Waals surface area contributed by atoms with Gasteiger partial charge in [0.2, 0.25) is 0 Å². The lowest BCUT2D eigenvalue weighted by Crippen LogP contribution is -2.37. The van der Waals surface area contributed by atoms with Crippen LogP contribution in [0.5, 0.6) is 0 Å². The molecule has 7 nitrogen and oxygen atoms in total. The maximum atomic E-state index is 12.4. The number of para-hydroxylation sites is 2. The van der Waals surface area contributed by atoms with Crippen molar-refractivity contribution >= 4 is 17.1 Å². The van der Waals surface area contributed by atoms with Gasteiger partial charge in [-0.3, -0.25) is 4.68 Å². The Labute approximate surface area is 162 Å². The van der Waals surface area contributed by atoms with Gasteiger partial charge >= 0.3 is 6.03 Å². The van der Waals surface area contributed by atoms with Crippen LogP contribution >= 0.6 is 0 Å². The zero-order valence-corrected chi connectivity index (χ0v) is 15.6. The topological polar surface area (TPSA) is 87.6 Å². The summed E-state index contributed by atoms with van der Waals surface area (Å²) < 4.78 is 1.86. The summed E-state index contributed by atoms with van der Waals surface area (Å²) in [5.41, 5.74) is 4.03. The first-order valence-corrected chi connectivity index (χ1v) is 9.22. The highest BCUT2D eigenvalue weighted by Crippen LogP contribution is 2.15. The summed E-state index contributed by atoms with van der Waals surface area (Å²) in [6, 6.07) is 17.3. The Morgan fingerprint density at radius 1 is 1.11 bits per heavy atom. The number of hydrogen-bond acceptors (Lipinski definition) is 3. The molecular weight excluding hydrogens is 352 g/mol. The second kappa shape index (κ2) is 7.96. The van der Waals surface area contributed by atoms with Crippen LogP contribution in [0, 0.1) is 0 Å². The molecule has 0 bridgehead atoms. The molecule has 1 unspecified atom stereocenters. The molecule has 0 fully saturated rings. The van der Waals surface area contributed by atoms with Crippen LogP contribution in [0.4, 0.5) is 4.79 Å². The van der Waals surface area contributed by atoms with E-state index in [1.165, 1.54) is 0 Å². The van der Waals surface area contributed by atoms with Gasteiger partial charge in [-0.2, -0.15) is 5.10 Å². The lowest BCUT2D eigenvalue weighted by atomic mass is 10.1. The van der Waals surface area contributed by atoms with E-state index in [0.717, 1.165) is 28.0 Å². The number of aromatic nitrogens is 4. The van der Waals surface area contributed by atoms with E-state index >= 15 is 0 Å². The number of amides is 2. The first-order valence-electron chi connectivity index (χ1n) is 9.22. The highest BCUT2D eigenvalue weighted by Gasteiger charge is 2.13. The maximum absolute atomic E-state index is 12.4. The van der Waals surface area contributed by atoms with Gasteiger partial charge in [0.15, 0.2) is 0 Å². The fourth-order valence-electron chi connectivity index (χ4n) is 3.12. The monoisotopic (exact) mass is 374 g/mol. The molecule has 7 heteroatoms. The minimum absolute atomic E-state index is 0.230. The van der Waals surface area contributed by atoms with E-state index < -0.39 is 0 Å². The maximum Gasteiger partial charge on any atom is 0.315 e. The zero-order valence-electron chi connectivity index (χ0n) is 15.6. The molecule has 4 rings (SSSR count). The van der Waals surface area contributed by atoms with Crippen molar-refractivity contribution in [3.63, 3.8) is 0 Å². The molecule has 0 aliphatic carbocycles. The van der Waals surface area contributed by atoms with Crippen LogP contribution in [0.3, 0.4) is 0 Å². The Balaban J connectivity index is 1.36. The number of benzene rings is 2. The van der Waals surface area contributed by atoms with E-state index in [2.05, 4.69) is 25.7 Å². The lowest BCUT2D eigenvalue weighted by molar-refractivity contribution is 0.237. The standard InChI is InChI=1S/C21H22N6O/c1-15(20-25-18-9-4-5-10-19(18)26-20)24-21(28)22-13-16-7-2-3-8-17(16)14-27-12-6-11-23-27/h2-12,15H,13-14H2,1H3,(H,25,26)(H2,22,24,28). The molecule has 142 valence electrons. The van der Waals surface area contributed by atoms with Crippen molar-refractivity contribution in [3.8, 4) is 0 Å². The van der Waals surface area contributed by atoms with Gasteiger partial charge in [-0.1, -0.05) is 36.4 Å². The van der Waals surface area contributed by atoms with Crippen LogP contribution in [-0.4, -0.2) is 25.8 Å². The summed E-state index contributed by atoms with van der Waals surface area (Å²) in [5.74, 6) is 0.732. The molecule has 3 N–H and O–H groups in total. The number of imidazole rings is 1. The molecule has 0 spiro atoms. The van der Waals surface area contributed by atoms with Crippen LogP contribution in [0.2, 0.25) is 0 Å². The fourth-order valence-corrected chi connectivity index (χ4v) is 3.12. The van der Waals surface area contributed by atoms with Gasteiger partial charge in [0.05, 0.1) is 23.6 Å². The average molecular weight is 374 g/mol. The molecule has 0 saturated carbocycles. The normalized spacial score (nSPS) is 12.0. The van der Waals surface area contributed by atoms with Crippen LogP contribution in [0.25, 0.3) is 11.0 Å². The second-order valence-electron chi connectivity index (χ2n) is 6.66. The van der Waals surface area contributed by atoms with Crippen molar-refractivity contribution in [3.05, 3.63) is 83.9 Å². The SMILES string of the molecule is CC(NC(=O)NCc1ccccc1Cn1cccn1)c1nc2ccccc2[nH]1. The van der Waals surface area contributed by atoms with Crippen molar-refractivity contribution in [2.45, 2.75) is 26.1 Å². The zero-order chi connectivity index (χ0) is 19.3. The summed E-state index contributed by atoms with van der Waals surface area (Å²) in [4.78, 5) is 20.1. The van der Waals surface area contributed by atoms with Gasteiger partial charge in [0.25, 0.3) is 0 Å². The highest BCUT2D eigenvalue weighted by atomic mass is 16.2. The minimum atomic E-state index is -0.234. The first kappa shape index (κ1) is 17.8. The molecule has 0 radical (unpaired) electrons. The van der Waals surface area contributed by atoms with Gasteiger partial charge in [-0.25, -0.2) is 9.78 Å². The molecule has 4 aromatic rings. The molecule has 2 amide bonds. The molecule has 1 atom stereocenters. The molecule has 2 heterocycles. The van der Waals surface area contributed by atoms with Gasteiger partial charge in [0, 0.05) is 18.9 Å². The van der Waals surface area contributed by atoms with E-state index in [-0.39, 0.29) is 12.1 Å². The van der Waals surface area contributed by atoms with Gasteiger partial charge < -0.3 is 15.6 Å². The predicted octanol–water partition coefficient (Wildman–Crippen LogP) is 3.37. The third kappa shape index (κ3) is 4.03. The van der Waals surface area contributed by atoms with Crippen molar-refractivity contribution in [2.24, 2.45) is 0 Å². The Kier molecular flexibility index (Phi) is 5.05. The number of rotatable bonds is 6. The third-order valence-electron chi connectivity index (χ3n) is 4.61. The van der Waals surface area contributed by atoms with E-state index in [4.69, 9.17) is 0 Å². The first-order chi connectivity index (χ1) is 13.7. The quantitative estimate of drug-likeness (QED) is 0.483. The number of fused-ring (bicyclic) bond motifs is 1. The highest BCUT2D eigenvalue weighted by molar-refractivity contribution is 5.76. The predicted molar refractivity (Wildman–Crippen MR) is 108 cm³/mol. The van der Waals surface area contributed by atoms with Gasteiger partial charge in [-0.15, -0.1) is 0 Å². The number of H-pyrrole nitrogens is 1. The molecular formula is C21H22N6O. The molecule has 0 aliphatic heterocycles. The summed E-state index contributed by atoms with van der Waals surface area (Å²) in [6.07, 6.45) is 3.68. The van der Waals surface area contributed by atoms with E-state index in [1.54, 1.807) is 6.20 Å². The number of carbonyl (C=O) groups excluding carboxylic acids is 1. The van der Waals surface area contributed by atoms with Crippen molar-refractivity contribution in [1.82, 2.24) is 30.4 Å². The second-order valence-corrected chi connectivity index (χ2v) is 6.66. The molecule has 2 aromatic carbocycles. The largest absolute Gasteiger partial charge is 0.340 e. The van der Waals surface area contributed by atoms with E-state index in [1.807, 2.05) is 72.4 Å². The van der Waals surface area contributed by atoms with Crippen molar-refractivity contribution in [1.29, 1.82) is 0 Å². The summed E-state index contributed by atoms with van der Waals surface area (Å²) in [7, 11) is 0. The van der Waals surface area contributed by atoms with E-state index in [0.29, 0.717) is 13.1 Å². The Hall–Kier alpha value is -3.61. The third-order valence-corrected chi connectivity index (χ3v) is 4.61. The number of hydrogen-bond donors (Lipinski definition) is 3. The number of nitrogens with zero attached hydrogens (tertiary/aromatic N) is 3. The summed E-state index contributed by atoms with van der Waals surface area (Å²) in [6.45, 7) is 3.01. The Morgan fingerprint density at radius 2 is 1.89 bits per heavy atom. The van der Waals surface area contributed by atoms with Crippen LogP contribution in [-0.2, 0) is 13.1 Å². The molecule has 2 aromatic heterocycles. The number of aromatic amines is 1. The van der Waals surface area contributed by atoms with Crippen LogP contribution < -0.4 is 10.6 Å². The van der Waals surface area contributed by atoms with Gasteiger partial charge in [0.1, 0.15) is 5.82 Å². The molecule has 0 saturated heterocycles. The fraction of sp³-hybridized carbons (Fsp3) is 0.190. The minimum Gasteiger partial charge on any atom is -0.340 e. The Bertz CT molecular complexity index is 1040. The van der Waals surface area contributed by atoms with Gasteiger partial charge in [-0.05, 0) is 36.2 Å². The van der Waals surface area contributed by atoms with Crippen molar-refractivity contribution < 1.29 is 4.79 Å². The van der Waals surface area contributed by atoms with Crippen LogP contribution in [0.15, 0.2) is 67.0 Å². The number of nitrogens with one attached hydrogen (secondary N) is 3. The number of urea groups is 1. The summed E-state index contributed by atoms with van der Waals surface area (Å²) >= 11 is 0. The lowest BCUT2D eigenvalue weighted by Gasteiger charge is -2.14. The van der Waals surface area contributed by atoms with Crippen LogP contribution in [0.1, 0.15) is 29.9 Å². The smallest absolute Gasteiger partial charge is 0.315 e. The average Bonchev–Trinajstić information content (AvgIpc) is 3.36. The summed E-state index contributed by atoms with van der Waals surface area (Å²) in [5, 5.41) is 10.1. The Morgan fingerprint density at radius 3 is 2.68 bits per heavy atom. The van der Waals surface area contributed by atoms with Crippen molar-refractivity contribution in [2.75, 3.05) is 0 Å². The van der Waals surface area contributed by atoms with E-state index in [9.17, 15) is 4.79 Å². The molecule has 0 aliphatic rings.